The lowest BCUT2D eigenvalue weighted by molar-refractivity contribution is -0.109. The molecule has 1 fully saturated rings. The molecule has 40 heavy (non-hydrogen) atoms. The lowest BCUT2D eigenvalue weighted by Gasteiger charge is -2.38. The highest BCUT2D eigenvalue weighted by molar-refractivity contribution is 8.13. The van der Waals surface area contributed by atoms with Crippen LogP contribution >= 0.6 is 11.8 Å². The average Bonchev–Trinajstić information content (AvgIpc) is 3.35. The molecule has 3 N–H and O–H groups in total. The highest BCUT2D eigenvalue weighted by Crippen LogP contribution is 2.35. The van der Waals surface area contributed by atoms with E-state index in [1.165, 1.54) is 11.8 Å². The van der Waals surface area contributed by atoms with Gasteiger partial charge in [0.2, 0.25) is 0 Å². The molecule has 1 unspecified atom stereocenters. The van der Waals surface area contributed by atoms with E-state index in [0.29, 0.717) is 11.9 Å². The molecule has 0 spiro atoms. The standard InChI is InChI=1S/C31H37N7OS/c1-3-9-28(37-19-15-24(16-20-37)33-18-8-21-40-22(2)39)38-30(25-12-7-17-34-29(25)32)36-27-14-13-26(35-31(27)38)23-10-5-4-6-11-23/h3-7,10-14,17,24,28,33H,1,8-9,15-16,18-21H2,2H3,(H2,32,34). The Bertz CT molecular complexity index is 1450. The predicted molar refractivity (Wildman–Crippen MR) is 165 cm³/mol. The van der Waals surface area contributed by atoms with E-state index in [-0.39, 0.29) is 11.3 Å². The smallest absolute Gasteiger partial charge is 0.185 e. The van der Waals surface area contributed by atoms with Crippen molar-refractivity contribution < 1.29 is 4.79 Å². The number of fused-ring (bicyclic) bond motifs is 1. The molecule has 8 nitrogen and oxygen atoms in total. The Morgan fingerprint density at radius 3 is 2.67 bits per heavy atom. The van der Waals surface area contributed by atoms with Crippen LogP contribution in [-0.4, -0.2) is 61.0 Å². The number of nitrogen functional groups attached to an aromatic ring is 1. The predicted octanol–water partition coefficient (Wildman–Crippen LogP) is 5.54. The molecule has 9 heteroatoms. The van der Waals surface area contributed by atoms with Crippen molar-refractivity contribution in [2.75, 3.05) is 31.1 Å². The molecule has 0 radical (unpaired) electrons. The Morgan fingerprint density at radius 1 is 1.15 bits per heavy atom. The van der Waals surface area contributed by atoms with Crippen molar-refractivity contribution in [3.63, 3.8) is 0 Å². The molecule has 1 atom stereocenters. The minimum Gasteiger partial charge on any atom is -0.383 e. The molecule has 0 bridgehead atoms. The third-order valence-electron chi connectivity index (χ3n) is 7.37. The number of pyridine rings is 2. The first kappa shape index (κ1) is 28.0. The molecule has 5 rings (SSSR count). The first-order valence-electron chi connectivity index (χ1n) is 13.9. The number of imidazole rings is 1. The van der Waals surface area contributed by atoms with Crippen LogP contribution in [0.1, 0.15) is 38.8 Å². The zero-order valence-corrected chi connectivity index (χ0v) is 23.8. The Balaban J connectivity index is 1.45. The monoisotopic (exact) mass is 555 g/mol. The second-order valence-electron chi connectivity index (χ2n) is 10.1. The maximum atomic E-state index is 11.2. The zero-order chi connectivity index (χ0) is 27.9. The van der Waals surface area contributed by atoms with Crippen molar-refractivity contribution in [2.24, 2.45) is 0 Å². The fourth-order valence-electron chi connectivity index (χ4n) is 5.39. The van der Waals surface area contributed by atoms with Crippen LogP contribution in [-0.2, 0) is 4.79 Å². The van der Waals surface area contributed by atoms with Crippen LogP contribution in [0.2, 0.25) is 0 Å². The van der Waals surface area contributed by atoms with Crippen LogP contribution in [0.25, 0.3) is 33.8 Å². The number of hydrogen-bond acceptors (Lipinski definition) is 8. The normalized spacial score (nSPS) is 15.3. The second-order valence-corrected chi connectivity index (χ2v) is 11.4. The van der Waals surface area contributed by atoms with Crippen molar-refractivity contribution in [1.29, 1.82) is 0 Å². The highest BCUT2D eigenvalue weighted by Gasteiger charge is 2.30. The highest BCUT2D eigenvalue weighted by atomic mass is 32.2. The first-order valence-corrected chi connectivity index (χ1v) is 14.9. The Morgan fingerprint density at radius 2 is 1.95 bits per heavy atom. The zero-order valence-electron chi connectivity index (χ0n) is 23.0. The molecule has 1 aliphatic rings. The number of benzene rings is 1. The largest absolute Gasteiger partial charge is 0.383 e. The third kappa shape index (κ3) is 6.43. The van der Waals surface area contributed by atoms with Crippen molar-refractivity contribution in [3.8, 4) is 22.6 Å². The summed E-state index contributed by atoms with van der Waals surface area (Å²) in [5, 5.41) is 3.88. The lowest BCUT2D eigenvalue weighted by atomic mass is 10.0. The summed E-state index contributed by atoms with van der Waals surface area (Å²) in [5.74, 6) is 2.09. The third-order valence-corrected chi connectivity index (χ3v) is 8.27. The number of nitrogens with one attached hydrogen (secondary N) is 1. The minimum absolute atomic E-state index is 0.0106. The second kappa shape index (κ2) is 13.2. The molecule has 4 aromatic rings. The fraction of sp³-hybridized carbons (Fsp3) is 0.355. The van der Waals surface area contributed by atoms with Gasteiger partial charge in [-0.15, -0.1) is 6.58 Å². The summed E-state index contributed by atoms with van der Waals surface area (Å²) in [6.45, 7) is 8.55. The van der Waals surface area contributed by atoms with Gasteiger partial charge in [-0.05, 0) is 56.5 Å². The number of carbonyl (C=O) groups is 1. The van der Waals surface area contributed by atoms with Gasteiger partial charge in [-0.1, -0.05) is 48.2 Å². The van der Waals surface area contributed by atoms with Crippen LogP contribution < -0.4 is 11.1 Å². The van der Waals surface area contributed by atoms with Gasteiger partial charge in [0.1, 0.15) is 17.2 Å². The molecule has 0 aliphatic carbocycles. The fourth-order valence-corrected chi connectivity index (χ4v) is 5.96. The number of aromatic nitrogens is 4. The van der Waals surface area contributed by atoms with E-state index in [2.05, 4.69) is 38.5 Å². The summed E-state index contributed by atoms with van der Waals surface area (Å²) in [6, 6.07) is 18.6. The Labute approximate surface area is 240 Å². The summed E-state index contributed by atoms with van der Waals surface area (Å²) >= 11 is 1.40. The van der Waals surface area contributed by atoms with Crippen LogP contribution in [0, 0.1) is 0 Å². The molecular weight excluding hydrogens is 518 g/mol. The minimum atomic E-state index is -0.0106. The summed E-state index contributed by atoms with van der Waals surface area (Å²) in [4.78, 5) is 28.2. The molecule has 208 valence electrons. The number of nitrogens with two attached hydrogens (primary N) is 1. The summed E-state index contributed by atoms with van der Waals surface area (Å²) in [5.41, 5.74) is 10.8. The van der Waals surface area contributed by atoms with E-state index in [1.807, 2.05) is 48.5 Å². The van der Waals surface area contributed by atoms with Crippen molar-refractivity contribution in [3.05, 3.63) is 73.4 Å². The van der Waals surface area contributed by atoms with Crippen LogP contribution in [0.3, 0.4) is 0 Å². The maximum Gasteiger partial charge on any atom is 0.185 e. The first-order chi connectivity index (χ1) is 19.5. The van der Waals surface area contributed by atoms with E-state index in [4.69, 9.17) is 15.7 Å². The summed E-state index contributed by atoms with van der Waals surface area (Å²) in [6.07, 6.45) is 7.51. The summed E-state index contributed by atoms with van der Waals surface area (Å²) < 4.78 is 2.24. The van der Waals surface area contributed by atoms with E-state index < -0.39 is 0 Å². The SMILES string of the molecule is C=CCC(N1CCC(NCCCSC(C)=O)CC1)n1c(-c2cccnc2N)nc2ccc(-c3ccccc3)nc21. The molecule has 3 aromatic heterocycles. The van der Waals surface area contributed by atoms with Gasteiger partial charge in [0.05, 0.1) is 17.4 Å². The maximum absolute atomic E-state index is 11.2. The number of hydrogen-bond donors (Lipinski definition) is 2. The molecule has 1 saturated heterocycles. The summed E-state index contributed by atoms with van der Waals surface area (Å²) in [7, 11) is 0. The van der Waals surface area contributed by atoms with Crippen LogP contribution in [0.15, 0.2) is 73.4 Å². The van der Waals surface area contributed by atoms with Crippen LogP contribution in [0.5, 0.6) is 0 Å². The van der Waals surface area contributed by atoms with Gasteiger partial charge in [0.15, 0.2) is 10.8 Å². The number of carbonyl (C=O) groups excluding carboxylic acids is 1. The lowest BCUT2D eigenvalue weighted by Crippen LogP contribution is -2.45. The molecule has 0 amide bonds. The number of likely N-dealkylation sites (tertiary alicyclic amines) is 1. The van der Waals surface area contributed by atoms with Gasteiger partial charge in [-0.3, -0.25) is 14.3 Å². The number of anilines is 1. The topological polar surface area (TPSA) is 102 Å². The van der Waals surface area contributed by atoms with Gasteiger partial charge >= 0.3 is 0 Å². The van der Waals surface area contributed by atoms with E-state index in [9.17, 15) is 4.79 Å². The Kier molecular flexibility index (Phi) is 9.26. The van der Waals surface area contributed by atoms with Gasteiger partial charge < -0.3 is 11.1 Å². The van der Waals surface area contributed by atoms with Crippen molar-refractivity contribution in [2.45, 2.75) is 44.8 Å². The van der Waals surface area contributed by atoms with E-state index in [1.54, 1.807) is 13.1 Å². The molecule has 1 aliphatic heterocycles. The number of thioether (sulfide) groups is 1. The van der Waals surface area contributed by atoms with E-state index in [0.717, 1.165) is 84.9 Å². The van der Waals surface area contributed by atoms with Crippen LogP contribution in [0.4, 0.5) is 5.82 Å². The molecule has 1 aromatic carbocycles. The average molecular weight is 556 g/mol. The molecular formula is C31H37N7OS. The number of piperidine rings is 1. The quantitative estimate of drug-likeness (QED) is 0.184. The van der Waals surface area contributed by atoms with Crippen molar-refractivity contribution in [1.82, 2.24) is 29.7 Å². The number of rotatable bonds is 11. The molecule has 0 saturated carbocycles. The number of nitrogens with zero attached hydrogens (tertiary/aromatic N) is 5. The van der Waals surface area contributed by atoms with Gasteiger partial charge in [-0.2, -0.15) is 0 Å². The van der Waals surface area contributed by atoms with E-state index >= 15 is 0 Å². The van der Waals surface area contributed by atoms with Crippen molar-refractivity contribution >= 4 is 33.9 Å². The van der Waals surface area contributed by atoms with Gasteiger partial charge in [-0.25, -0.2) is 15.0 Å². The van der Waals surface area contributed by atoms with Gasteiger partial charge in [0.25, 0.3) is 0 Å². The Hall–Kier alpha value is -3.53. The molecule has 4 heterocycles. The van der Waals surface area contributed by atoms with Gasteiger partial charge in [0, 0.05) is 43.6 Å².